The van der Waals surface area contributed by atoms with Crippen molar-refractivity contribution in [3.05, 3.63) is 29.3 Å². The number of rotatable bonds is 6. The molecular weight excluding hydrogens is 320 g/mol. The van der Waals surface area contributed by atoms with Gasteiger partial charge in [0.1, 0.15) is 0 Å². The van der Waals surface area contributed by atoms with Crippen molar-refractivity contribution in [1.82, 2.24) is 4.90 Å². The molecule has 1 N–H and O–H groups in total. The summed E-state index contributed by atoms with van der Waals surface area (Å²) in [5.74, 6) is 1.43. The predicted octanol–water partition coefficient (Wildman–Crippen LogP) is 4.80. The van der Waals surface area contributed by atoms with E-state index in [9.17, 15) is 4.79 Å². The van der Waals surface area contributed by atoms with Gasteiger partial charge in [0.05, 0.1) is 11.3 Å². The van der Waals surface area contributed by atoms with Gasteiger partial charge in [-0.3, -0.25) is 0 Å². The number of aromatic carboxylic acids is 1. The molecule has 4 nitrogen and oxygen atoms in total. The Labute approximate surface area is 149 Å². The second kappa shape index (κ2) is 8.06. The van der Waals surface area contributed by atoms with Gasteiger partial charge in [-0.05, 0) is 48.9 Å². The number of amidine groups is 1. The van der Waals surface area contributed by atoms with Crippen molar-refractivity contribution in [3.8, 4) is 0 Å². The summed E-state index contributed by atoms with van der Waals surface area (Å²) < 4.78 is 0. The second-order valence-corrected chi connectivity index (χ2v) is 8.33. The summed E-state index contributed by atoms with van der Waals surface area (Å²) in [7, 11) is 0. The van der Waals surface area contributed by atoms with E-state index >= 15 is 0 Å². The highest BCUT2D eigenvalue weighted by Gasteiger charge is 2.31. The van der Waals surface area contributed by atoms with Crippen LogP contribution in [0.2, 0.25) is 0 Å². The van der Waals surface area contributed by atoms with Crippen LogP contribution in [0, 0.1) is 18.8 Å². The number of aryl methyl sites for hydroxylation is 1. The van der Waals surface area contributed by atoms with Gasteiger partial charge in [0.25, 0.3) is 0 Å². The highest BCUT2D eigenvalue weighted by molar-refractivity contribution is 8.14. The van der Waals surface area contributed by atoms with Gasteiger partial charge in [0, 0.05) is 18.3 Å². The molecule has 0 radical (unpaired) electrons. The number of carboxylic acid groups (broad SMARTS) is 1. The molecule has 1 saturated heterocycles. The fourth-order valence-corrected chi connectivity index (χ4v) is 4.18. The normalized spacial score (nSPS) is 19.7. The van der Waals surface area contributed by atoms with Gasteiger partial charge in [-0.15, -0.1) is 0 Å². The molecule has 5 heteroatoms. The zero-order valence-corrected chi connectivity index (χ0v) is 16.1. The smallest absolute Gasteiger partial charge is 0.335 e. The summed E-state index contributed by atoms with van der Waals surface area (Å²) in [5, 5.41) is 10.2. The topological polar surface area (TPSA) is 52.9 Å². The van der Waals surface area contributed by atoms with E-state index in [2.05, 4.69) is 32.6 Å². The number of nitrogens with zero attached hydrogens (tertiary/aromatic N) is 2. The van der Waals surface area contributed by atoms with Crippen LogP contribution in [-0.4, -0.2) is 39.5 Å². The molecule has 0 amide bonds. The maximum Gasteiger partial charge on any atom is 0.335 e. The summed E-state index contributed by atoms with van der Waals surface area (Å²) in [6.07, 6.45) is 1.18. The first-order valence-electron chi connectivity index (χ1n) is 8.60. The predicted molar refractivity (Wildman–Crippen MR) is 102 cm³/mol. The van der Waals surface area contributed by atoms with Crippen LogP contribution in [0.3, 0.4) is 0 Å². The number of thioether (sulfide) groups is 1. The van der Waals surface area contributed by atoms with Gasteiger partial charge in [0.2, 0.25) is 0 Å². The molecular formula is C19H28N2O2S. The quantitative estimate of drug-likeness (QED) is 0.802. The van der Waals surface area contributed by atoms with Gasteiger partial charge >= 0.3 is 5.97 Å². The zero-order valence-electron chi connectivity index (χ0n) is 15.2. The molecule has 0 aromatic heterocycles. The molecule has 0 bridgehead atoms. The molecule has 1 fully saturated rings. The SMILES string of the molecule is Cc1cc(C(=O)O)ccc1/N=C1\SC[C@H](CC(C)C)N1CC(C)C. The third kappa shape index (κ3) is 4.76. The summed E-state index contributed by atoms with van der Waals surface area (Å²) in [6, 6.07) is 5.68. The summed E-state index contributed by atoms with van der Waals surface area (Å²) in [4.78, 5) is 18.4. The largest absolute Gasteiger partial charge is 0.478 e. The van der Waals surface area contributed by atoms with E-state index in [0.29, 0.717) is 23.4 Å². The van der Waals surface area contributed by atoms with Crippen LogP contribution in [0.25, 0.3) is 0 Å². The van der Waals surface area contributed by atoms with Crippen LogP contribution in [0.5, 0.6) is 0 Å². The molecule has 24 heavy (non-hydrogen) atoms. The lowest BCUT2D eigenvalue weighted by molar-refractivity contribution is 0.0697. The first-order valence-corrected chi connectivity index (χ1v) is 9.58. The number of aliphatic imine (C=N–C) groups is 1. The molecule has 0 spiro atoms. The fraction of sp³-hybridized carbons (Fsp3) is 0.579. The van der Waals surface area contributed by atoms with Gasteiger partial charge in [-0.25, -0.2) is 9.79 Å². The van der Waals surface area contributed by atoms with Gasteiger partial charge < -0.3 is 10.0 Å². The summed E-state index contributed by atoms with van der Waals surface area (Å²) in [5.41, 5.74) is 2.08. The maximum atomic E-state index is 11.1. The Hall–Kier alpha value is -1.49. The Kier molecular flexibility index (Phi) is 6.33. The third-order valence-electron chi connectivity index (χ3n) is 4.06. The lowest BCUT2D eigenvalue weighted by atomic mass is 10.0. The minimum Gasteiger partial charge on any atom is -0.478 e. The van der Waals surface area contributed by atoms with Crippen LogP contribution < -0.4 is 0 Å². The molecule has 2 rings (SSSR count). The molecule has 1 atom stereocenters. The molecule has 0 aliphatic carbocycles. The Morgan fingerprint density at radius 1 is 1.33 bits per heavy atom. The van der Waals surface area contributed by atoms with Crippen molar-refractivity contribution < 1.29 is 9.90 Å². The van der Waals surface area contributed by atoms with Gasteiger partial charge in [0.15, 0.2) is 5.17 Å². The molecule has 1 aromatic rings. The van der Waals surface area contributed by atoms with E-state index in [4.69, 9.17) is 10.1 Å². The molecule has 1 aliphatic heterocycles. The standard InChI is InChI=1S/C19H28N2O2S/c1-12(2)8-16-11-24-19(21(16)10-13(3)4)20-17-7-6-15(18(22)23)9-14(17)5/h6-7,9,12-13,16H,8,10-11H2,1-5H3,(H,22,23)/b20-19-/t16-/m0/s1. The average molecular weight is 349 g/mol. The van der Waals surface area contributed by atoms with Crippen LogP contribution in [-0.2, 0) is 0 Å². The van der Waals surface area contributed by atoms with Gasteiger partial charge in [-0.2, -0.15) is 0 Å². The molecule has 1 aromatic carbocycles. The van der Waals surface area contributed by atoms with Gasteiger partial charge in [-0.1, -0.05) is 39.5 Å². The maximum absolute atomic E-state index is 11.1. The zero-order chi connectivity index (χ0) is 17.9. The second-order valence-electron chi connectivity index (χ2n) is 7.34. The Bertz CT molecular complexity index is 626. The lowest BCUT2D eigenvalue weighted by Gasteiger charge is -2.29. The minimum absolute atomic E-state index is 0.312. The number of benzene rings is 1. The third-order valence-corrected chi connectivity index (χ3v) is 5.19. The van der Waals surface area contributed by atoms with Crippen molar-refractivity contribution in [2.24, 2.45) is 16.8 Å². The highest BCUT2D eigenvalue weighted by Crippen LogP contribution is 2.32. The number of hydrogen-bond donors (Lipinski definition) is 1. The van der Waals surface area contributed by atoms with Crippen molar-refractivity contribution >= 4 is 28.6 Å². The number of carbonyl (C=O) groups is 1. The number of carboxylic acids is 1. The molecule has 0 saturated carbocycles. The van der Waals surface area contributed by atoms with E-state index in [1.54, 1.807) is 12.1 Å². The molecule has 1 heterocycles. The Balaban J connectivity index is 2.28. The fourth-order valence-electron chi connectivity index (χ4n) is 2.97. The Morgan fingerprint density at radius 3 is 2.58 bits per heavy atom. The molecule has 132 valence electrons. The van der Waals surface area contributed by atoms with Crippen molar-refractivity contribution in [2.75, 3.05) is 12.3 Å². The summed E-state index contributed by atoms with van der Waals surface area (Å²) >= 11 is 1.82. The van der Waals surface area contributed by atoms with Crippen molar-refractivity contribution in [3.63, 3.8) is 0 Å². The van der Waals surface area contributed by atoms with Crippen LogP contribution in [0.4, 0.5) is 5.69 Å². The first-order chi connectivity index (χ1) is 11.3. The van der Waals surface area contributed by atoms with E-state index in [0.717, 1.165) is 28.7 Å². The van der Waals surface area contributed by atoms with Crippen LogP contribution >= 0.6 is 11.8 Å². The highest BCUT2D eigenvalue weighted by atomic mass is 32.2. The number of hydrogen-bond acceptors (Lipinski definition) is 3. The average Bonchev–Trinajstić information content (AvgIpc) is 2.82. The lowest BCUT2D eigenvalue weighted by Crippen LogP contribution is -2.37. The van der Waals surface area contributed by atoms with E-state index < -0.39 is 5.97 Å². The van der Waals surface area contributed by atoms with E-state index in [1.807, 2.05) is 24.8 Å². The van der Waals surface area contributed by atoms with E-state index in [1.165, 1.54) is 6.42 Å². The first kappa shape index (κ1) is 18.8. The van der Waals surface area contributed by atoms with Crippen LogP contribution in [0.1, 0.15) is 50.0 Å². The monoisotopic (exact) mass is 348 g/mol. The molecule has 0 unspecified atom stereocenters. The van der Waals surface area contributed by atoms with Crippen molar-refractivity contribution in [2.45, 2.75) is 47.1 Å². The van der Waals surface area contributed by atoms with Crippen LogP contribution in [0.15, 0.2) is 23.2 Å². The van der Waals surface area contributed by atoms with Crippen molar-refractivity contribution in [1.29, 1.82) is 0 Å². The Morgan fingerprint density at radius 2 is 2.04 bits per heavy atom. The minimum atomic E-state index is -0.897. The molecule has 1 aliphatic rings. The summed E-state index contributed by atoms with van der Waals surface area (Å²) in [6.45, 7) is 11.9. The van der Waals surface area contributed by atoms with E-state index in [-0.39, 0.29) is 0 Å².